The Balaban J connectivity index is 2.01. The van der Waals surface area contributed by atoms with Crippen LogP contribution in [0, 0.1) is 0 Å². The van der Waals surface area contributed by atoms with E-state index < -0.39 is 5.97 Å². The second-order valence-electron chi connectivity index (χ2n) is 6.57. The summed E-state index contributed by atoms with van der Waals surface area (Å²) >= 11 is 3.10. The van der Waals surface area contributed by atoms with Crippen LogP contribution in [0.15, 0.2) is 65.0 Å². The quantitative estimate of drug-likeness (QED) is 0.319. The van der Waals surface area contributed by atoms with Crippen LogP contribution >= 0.6 is 23.1 Å². The zero-order valence-electron chi connectivity index (χ0n) is 16.5. The molecule has 1 heterocycles. The molecule has 0 aliphatic heterocycles. The molecule has 0 aliphatic carbocycles. The van der Waals surface area contributed by atoms with Gasteiger partial charge in [0.15, 0.2) is 4.80 Å². The van der Waals surface area contributed by atoms with Gasteiger partial charge < -0.3 is 9.30 Å². The lowest BCUT2D eigenvalue weighted by molar-refractivity contribution is 0.0601. The van der Waals surface area contributed by atoms with E-state index in [4.69, 9.17) is 4.74 Å². The molecule has 0 bridgehead atoms. The zero-order valence-corrected chi connectivity index (χ0v) is 18.2. The molecule has 29 heavy (non-hydrogen) atoms. The minimum atomic E-state index is -0.399. The van der Waals surface area contributed by atoms with Crippen LogP contribution in [-0.4, -0.2) is 28.8 Å². The van der Waals surface area contributed by atoms with E-state index in [-0.39, 0.29) is 5.91 Å². The topological polar surface area (TPSA) is 60.7 Å². The maximum absolute atomic E-state index is 12.7. The van der Waals surface area contributed by atoms with Crippen LogP contribution in [0.5, 0.6) is 0 Å². The number of allylic oxidation sites excluding steroid dienone is 1. The molecular weight excluding hydrogens is 404 g/mol. The van der Waals surface area contributed by atoms with Gasteiger partial charge in [0.1, 0.15) is 0 Å². The summed E-state index contributed by atoms with van der Waals surface area (Å²) in [5, 5.41) is 0.479. The van der Waals surface area contributed by atoms with Gasteiger partial charge in [-0.25, -0.2) is 4.79 Å². The minimum Gasteiger partial charge on any atom is -0.465 e. The third kappa shape index (κ3) is 4.86. The molecule has 0 fully saturated rings. The number of rotatable bonds is 6. The van der Waals surface area contributed by atoms with Crippen molar-refractivity contribution in [2.75, 3.05) is 7.11 Å². The normalized spacial score (nSPS) is 11.8. The minimum absolute atomic E-state index is 0.302. The van der Waals surface area contributed by atoms with Gasteiger partial charge in [-0.3, -0.25) is 4.79 Å². The second kappa shape index (κ2) is 9.24. The van der Waals surface area contributed by atoms with Crippen molar-refractivity contribution in [3.63, 3.8) is 0 Å². The highest BCUT2D eigenvalue weighted by atomic mass is 32.2. The number of thiazole rings is 1. The Bertz CT molecular complexity index is 1130. The van der Waals surface area contributed by atoms with Crippen molar-refractivity contribution in [3.05, 3.63) is 71.0 Å². The van der Waals surface area contributed by atoms with Crippen LogP contribution in [0.2, 0.25) is 0 Å². The van der Waals surface area contributed by atoms with Crippen LogP contribution in [0.3, 0.4) is 0 Å². The molecule has 3 aromatic rings. The van der Waals surface area contributed by atoms with Gasteiger partial charge in [-0.05, 0) is 42.5 Å². The molecule has 0 N–H and O–H groups in total. The molecule has 5 nitrogen and oxygen atoms in total. The number of fused-ring (bicyclic) bond motifs is 1. The molecule has 0 unspecified atom stereocenters. The van der Waals surface area contributed by atoms with Gasteiger partial charge in [0, 0.05) is 22.3 Å². The number of ether oxygens (including phenoxy) is 1. The summed E-state index contributed by atoms with van der Waals surface area (Å²) in [6.07, 6.45) is 1.75. The number of hydrogen-bond acceptors (Lipinski definition) is 5. The first-order valence-corrected chi connectivity index (χ1v) is 10.8. The average molecular weight is 427 g/mol. The summed E-state index contributed by atoms with van der Waals surface area (Å²) in [5.41, 5.74) is 1.89. The maximum atomic E-state index is 12.7. The first-order chi connectivity index (χ1) is 13.9. The Hall–Kier alpha value is -2.64. The van der Waals surface area contributed by atoms with Crippen LogP contribution < -0.4 is 4.80 Å². The number of hydrogen-bond donors (Lipinski definition) is 0. The van der Waals surface area contributed by atoms with Gasteiger partial charge in [-0.2, -0.15) is 4.99 Å². The molecule has 1 amide bonds. The van der Waals surface area contributed by atoms with E-state index >= 15 is 0 Å². The van der Waals surface area contributed by atoms with Gasteiger partial charge in [0.25, 0.3) is 5.91 Å². The lowest BCUT2D eigenvalue weighted by atomic mass is 10.2. The van der Waals surface area contributed by atoms with Crippen molar-refractivity contribution >= 4 is 45.2 Å². The van der Waals surface area contributed by atoms with Crippen molar-refractivity contribution in [1.29, 1.82) is 0 Å². The van der Waals surface area contributed by atoms with Crippen LogP contribution in [0.1, 0.15) is 34.6 Å². The third-order valence-electron chi connectivity index (χ3n) is 4.09. The number of esters is 1. The molecule has 2 aromatic carbocycles. The highest BCUT2D eigenvalue weighted by Crippen LogP contribution is 2.23. The standard InChI is InChI=1S/C22H22N2O3S2/c1-5-12-24-18-11-8-16(21(26)27-4)13-19(18)29-22(24)23-20(25)15-6-9-17(10-7-15)28-14(2)3/h5-11,13-14H,1,12H2,2-4H3. The molecule has 150 valence electrons. The monoisotopic (exact) mass is 426 g/mol. The lowest BCUT2D eigenvalue weighted by Crippen LogP contribution is -2.16. The Morgan fingerprint density at radius 3 is 2.52 bits per heavy atom. The van der Waals surface area contributed by atoms with E-state index in [2.05, 4.69) is 25.4 Å². The van der Waals surface area contributed by atoms with Gasteiger partial charge in [0.2, 0.25) is 0 Å². The number of benzene rings is 2. The number of nitrogens with zero attached hydrogens (tertiary/aromatic N) is 2. The van der Waals surface area contributed by atoms with Crippen LogP contribution in [0.25, 0.3) is 10.2 Å². The highest BCUT2D eigenvalue weighted by Gasteiger charge is 2.12. The summed E-state index contributed by atoms with van der Waals surface area (Å²) in [6, 6.07) is 12.8. The summed E-state index contributed by atoms with van der Waals surface area (Å²) in [7, 11) is 1.35. The molecule has 7 heteroatoms. The molecule has 0 spiro atoms. The van der Waals surface area contributed by atoms with Crippen molar-refractivity contribution < 1.29 is 14.3 Å². The number of carbonyl (C=O) groups is 2. The lowest BCUT2D eigenvalue weighted by Gasteiger charge is -2.05. The Morgan fingerprint density at radius 2 is 1.90 bits per heavy atom. The Kier molecular flexibility index (Phi) is 6.71. The third-order valence-corrected chi connectivity index (χ3v) is 6.14. The number of methoxy groups -OCH3 is 1. The maximum Gasteiger partial charge on any atom is 0.337 e. The SMILES string of the molecule is C=CCn1c(=NC(=O)c2ccc(SC(C)C)cc2)sc2cc(C(=O)OC)ccc21. The molecule has 0 saturated carbocycles. The first-order valence-electron chi connectivity index (χ1n) is 9.11. The first kappa shape index (κ1) is 21.1. The summed E-state index contributed by atoms with van der Waals surface area (Å²) in [4.78, 5) is 30.6. The van der Waals surface area contributed by atoms with E-state index in [0.29, 0.717) is 27.7 Å². The fourth-order valence-corrected chi connectivity index (χ4v) is 4.72. The number of thioether (sulfide) groups is 1. The summed E-state index contributed by atoms with van der Waals surface area (Å²) < 4.78 is 7.55. The molecule has 0 aliphatic rings. The number of amides is 1. The van der Waals surface area contributed by atoms with Crippen LogP contribution in [0.4, 0.5) is 0 Å². The number of aromatic nitrogens is 1. The van der Waals surface area contributed by atoms with Gasteiger partial charge >= 0.3 is 5.97 Å². The Labute approximate surface area is 177 Å². The molecule has 3 rings (SSSR count). The highest BCUT2D eigenvalue weighted by molar-refractivity contribution is 7.99. The van der Waals surface area contributed by atoms with Crippen molar-refractivity contribution in [3.8, 4) is 0 Å². The fraction of sp³-hybridized carbons (Fsp3) is 0.227. The van der Waals surface area contributed by atoms with E-state index in [0.717, 1.165) is 15.1 Å². The van der Waals surface area contributed by atoms with Crippen molar-refractivity contribution in [2.24, 2.45) is 4.99 Å². The van der Waals surface area contributed by atoms with E-state index in [9.17, 15) is 9.59 Å². The predicted octanol–water partition coefficient (Wildman–Crippen LogP) is 4.92. The largest absolute Gasteiger partial charge is 0.465 e. The molecule has 1 aromatic heterocycles. The van der Waals surface area contributed by atoms with Crippen LogP contribution in [-0.2, 0) is 11.3 Å². The zero-order chi connectivity index (χ0) is 21.0. The van der Waals surface area contributed by atoms with Gasteiger partial charge in [0.05, 0.1) is 22.9 Å². The van der Waals surface area contributed by atoms with Crippen molar-refractivity contribution in [1.82, 2.24) is 4.57 Å². The number of carbonyl (C=O) groups excluding carboxylic acids is 2. The molecule has 0 radical (unpaired) electrons. The summed E-state index contributed by atoms with van der Waals surface area (Å²) in [6.45, 7) is 8.56. The molecular formula is C22H22N2O3S2. The smallest absolute Gasteiger partial charge is 0.337 e. The molecule has 0 atom stereocenters. The second-order valence-corrected chi connectivity index (χ2v) is 9.22. The van der Waals surface area contributed by atoms with E-state index in [1.165, 1.54) is 18.4 Å². The average Bonchev–Trinajstić information content (AvgIpc) is 3.04. The predicted molar refractivity (Wildman–Crippen MR) is 119 cm³/mol. The van der Waals surface area contributed by atoms with Gasteiger partial charge in [-0.15, -0.1) is 18.3 Å². The van der Waals surface area contributed by atoms with Crippen molar-refractivity contribution in [2.45, 2.75) is 30.5 Å². The van der Waals surface area contributed by atoms with E-state index in [1.807, 2.05) is 22.8 Å². The fourth-order valence-electron chi connectivity index (χ4n) is 2.81. The van der Waals surface area contributed by atoms with Gasteiger partial charge in [-0.1, -0.05) is 31.3 Å². The Morgan fingerprint density at radius 1 is 1.21 bits per heavy atom. The van der Waals surface area contributed by atoms with E-state index in [1.54, 1.807) is 42.1 Å². The molecule has 0 saturated heterocycles. The summed E-state index contributed by atoms with van der Waals surface area (Å²) in [5.74, 6) is -0.701.